The van der Waals surface area contributed by atoms with Crippen molar-refractivity contribution < 1.29 is 19.5 Å². The smallest absolute Gasteiger partial charge is 0.344 e. The summed E-state index contributed by atoms with van der Waals surface area (Å²) in [6.07, 6.45) is 1.49. The third-order valence-corrected chi connectivity index (χ3v) is 2.39. The summed E-state index contributed by atoms with van der Waals surface area (Å²) in [6.45, 7) is -0.365. The Bertz CT molecular complexity index is 601. The first-order valence-electron chi connectivity index (χ1n) is 5.08. The van der Waals surface area contributed by atoms with E-state index in [1.54, 1.807) is 12.1 Å². The van der Waals surface area contributed by atoms with Gasteiger partial charge in [-0.15, -0.1) is 0 Å². The molecule has 100 valence electrons. The molecule has 0 spiro atoms. The van der Waals surface area contributed by atoms with Crippen LogP contribution in [0.15, 0.2) is 18.3 Å². The largest absolute Gasteiger partial charge is 0.466 e. The highest BCUT2D eigenvalue weighted by molar-refractivity contribution is 6.32. The van der Waals surface area contributed by atoms with Crippen LogP contribution in [0.2, 0.25) is 5.02 Å². The number of methoxy groups -OCH3 is 1. The topological polar surface area (TPSA) is 99.4 Å². The van der Waals surface area contributed by atoms with E-state index in [0.717, 1.165) is 0 Å². The van der Waals surface area contributed by atoms with Crippen LogP contribution < -0.4 is 4.74 Å². The Hall–Kier alpha value is -2.35. The molecule has 0 fully saturated rings. The van der Waals surface area contributed by atoms with Crippen molar-refractivity contribution >= 4 is 17.6 Å². The average molecular weight is 285 g/mol. The van der Waals surface area contributed by atoms with Crippen LogP contribution in [0.25, 0.3) is 11.5 Å². The van der Waals surface area contributed by atoms with Crippen molar-refractivity contribution in [1.82, 2.24) is 19.9 Å². The number of carbonyl (C=O) groups is 1. The van der Waals surface area contributed by atoms with Gasteiger partial charge in [0.05, 0.1) is 12.1 Å². The van der Waals surface area contributed by atoms with Crippen molar-refractivity contribution in [2.24, 2.45) is 0 Å². The minimum Gasteiger partial charge on any atom is -0.466 e. The van der Waals surface area contributed by atoms with Crippen molar-refractivity contribution in [3.05, 3.63) is 23.4 Å². The maximum atomic E-state index is 10.9. The lowest BCUT2D eigenvalue weighted by Gasteiger charge is -1.99. The summed E-state index contributed by atoms with van der Waals surface area (Å²) < 4.78 is 9.32. The van der Waals surface area contributed by atoms with Gasteiger partial charge in [-0.05, 0) is 12.1 Å². The number of esters is 1. The zero-order valence-electron chi connectivity index (χ0n) is 9.78. The van der Waals surface area contributed by atoms with Gasteiger partial charge >= 0.3 is 12.0 Å². The lowest BCUT2D eigenvalue weighted by Crippen LogP contribution is -2.13. The first-order valence-corrected chi connectivity index (χ1v) is 5.46. The number of carbonyl (C=O) groups excluding carboxylic acids is 1. The second-order valence-electron chi connectivity index (χ2n) is 3.31. The molecule has 19 heavy (non-hydrogen) atoms. The number of pyridine rings is 1. The molecule has 0 aliphatic heterocycles. The fraction of sp³-hybridized carbons (Fsp3) is 0.200. The van der Waals surface area contributed by atoms with Crippen LogP contribution in [-0.4, -0.2) is 44.8 Å². The van der Waals surface area contributed by atoms with Crippen LogP contribution in [0.4, 0.5) is 0 Å². The third kappa shape index (κ3) is 2.91. The standard InChI is InChI=1S/C10H9ClN4O4/c1-18-7(16)5-19-10-13-9(15(17)14-10)8-6(11)3-2-4-12-8/h2-4,17H,5H2,1H3. The van der Waals surface area contributed by atoms with Gasteiger partial charge in [0.15, 0.2) is 6.61 Å². The van der Waals surface area contributed by atoms with Crippen molar-refractivity contribution in [2.45, 2.75) is 0 Å². The molecule has 2 heterocycles. The molecule has 0 bridgehead atoms. The van der Waals surface area contributed by atoms with Gasteiger partial charge in [-0.3, -0.25) is 4.98 Å². The fourth-order valence-electron chi connectivity index (χ4n) is 1.23. The second-order valence-corrected chi connectivity index (χ2v) is 3.71. The first kappa shape index (κ1) is 13.1. The molecular formula is C10H9ClN4O4. The maximum absolute atomic E-state index is 10.9. The molecule has 2 aromatic heterocycles. The van der Waals surface area contributed by atoms with Gasteiger partial charge in [-0.25, -0.2) is 4.79 Å². The van der Waals surface area contributed by atoms with Crippen LogP contribution >= 0.6 is 11.6 Å². The Morgan fingerprint density at radius 3 is 3.05 bits per heavy atom. The van der Waals surface area contributed by atoms with E-state index >= 15 is 0 Å². The van der Waals surface area contributed by atoms with Crippen LogP contribution in [0.5, 0.6) is 6.01 Å². The van der Waals surface area contributed by atoms with Gasteiger partial charge in [-0.2, -0.15) is 4.98 Å². The SMILES string of the molecule is COC(=O)COc1nc(-c2ncccc2Cl)n(O)n1. The summed E-state index contributed by atoms with van der Waals surface area (Å²) in [7, 11) is 1.23. The minimum atomic E-state index is -0.591. The Labute approximate surface area is 112 Å². The van der Waals surface area contributed by atoms with E-state index in [1.807, 2.05) is 0 Å². The van der Waals surface area contributed by atoms with E-state index in [9.17, 15) is 10.0 Å². The summed E-state index contributed by atoms with van der Waals surface area (Å²) in [5.41, 5.74) is 0.243. The quantitative estimate of drug-likeness (QED) is 0.654. The molecule has 0 aromatic carbocycles. The average Bonchev–Trinajstić information content (AvgIpc) is 2.77. The highest BCUT2D eigenvalue weighted by Crippen LogP contribution is 2.24. The van der Waals surface area contributed by atoms with Crippen LogP contribution in [0, 0.1) is 0 Å². The first-order chi connectivity index (χ1) is 9.11. The molecular weight excluding hydrogens is 276 g/mol. The molecule has 2 rings (SSSR count). The van der Waals surface area contributed by atoms with Crippen LogP contribution in [-0.2, 0) is 9.53 Å². The van der Waals surface area contributed by atoms with Gasteiger partial charge in [-0.1, -0.05) is 21.5 Å². The molecule has 0 aliphatic carbocycles. The predicted molar refractivity (Wildman–Crippen MR) is 63.0 cm³/mol. The Balaban J connectivity index is 2.22. The third-order valence-electron chi connectivity index (χ3n) is 2.09. The van der Waals surface area contributed by atoms with Crippen LogP contribution in [0.1, 0.15) is 0 Å². The molecule has 0 aliphatic rings. The Morgan fingerprint density at radius 1 is 1.58 bits per heavy atom. The summed E-state index contributed by atoms with van der Waals surface area (Å²) >= 11 is 5.92. The number of halogens is 1. The second kappa shape index (κ2) is 5.53. The number of ether oxygens (including phenoxy) is 2. The molecule has 1 N–H and O–H groups in total. The van der Waals surface area contributed by atoms with Crippen molar-refractivity contribution in [3.63, 3.8) is 0 Å². The van der Waals surface area contributed by atoms with E-state index in [-0.39, 0.29) is 24.1 Å². The molecule has 0 saturated heterocycles. The lowest BCUT2D eigenvalue weighted by atomic mass is 10.3. The van der Waals surface area contributed by atoms with Crippen molar-refractivity contribution in [1.29, 1.82) is 0 Å². The van der Waals surface area contributed by atoms with Gasteiger partial charge in [0.1, 0.15) is 5.69 Å². The highest BCUT2D eigenvalue weighted by Gasteiger charge is 2.17. The molecule has 0 atom stereocenters. The fourth-order valence-corrected chi connectivity index (χ4v) is 1.43. The predicted octanol–water partition coefficient (Wildman–Crippen LogP) is 0.783. The number of nitrogens with zero attached hydrogens (tertiary/aromatic N) is 4. The number of hydrogen-bond donors (Lipinski definition) is 1. The molecule has 0 unspecified atom stereocenters. The Kier molecular flexibility index (Phi) is 3.81. The zero-order valence-corrected chi connectivity index (χ0v) is 10.5. The molecule has 2 aromatic rings. The molecule has 8 nitrogen and oxygen atoms in total. The number of aromatic nitrogens is 4. The highest BCUT2D eigenvalue weighted by atomic mass is 35.5. The number of rotatable bonds is 4. The van der Waals surface area contributed by atoms with E-state index in [1.165, 1.54) is 13.3 Å². The van der Waals surface area contributed by atoms with E-state index < -0.39 is 5.97 Å². The normalized spacial score (nSPS) is 10.2. The summed E-state index contributed by atoms with van der Waals surface area (Å²) in [5.74, 6) is -0.586. The lowest BCUT2D eigenvalue weighted by molar-refractivity contribution is -0.143. The van der Waals surface area contributed by atoms with Gasteiger partial charge in [0.2, 0.25) is 5.82 Å². The molecule has 9 heteroatoms. The minimum absolute atomic E-state index is 0.00506. The van der Waals surface area contributed by atoms with Gasteiger partial charge in [0.25, 0.3) is 0 Å². The Morgan fingerprint density at radius 2 is 2.37 bits per heavy atom. The van der Waals surface area contributed by atoms with Crippen molar-refractivity contribution in [3.8, 4) is 17.5 Å². The van der Waals surface area contributed by atoms with E-state index in [2.05, 4.69) is 19.8 Å². The molecule has 0 saturated carbocycles. The zero-order chi connectivity index (χ0) is 13.8. The summed E-state index contributed by atoms with van der Waals surface area (Å²) in [6, 6.07) is 3.04. The molecule has 0 radical (unpaired) electrons. The summed E-state index contributed by atoms with van der Waals surface area (Å²) in [5, 5.41) is 13.4. The maximum Gasteiger partial charge on any atom is 0.344 e. The van der Waals surface area contributed by atoms with Gasteiger partial charge < -0.3 is 14.7 Å². The molecule has 0 amide bonds. The van der Waals surface area contributed by atoms with Crippen LogP contribution in [0.3, 0.4) is 0 Å². The monoisotopic (exact) mass is 284 g/mol. The van der Waals surface area contributed by atoms with E-state index in [0.29, 0.717) is 9.87 Å². The van der Waals surface area contributed by atoms with E-state index in [4.69, 9.17) is 16.3 Å². The van der Waals surface area contributed by atoms with Crippen molar-refractivity contribution in [2.75, 3.05) is 13.7 Å². The van der Waals surface area contributed by atoms with Gasteiger partial charge in [0, 0.05) is 6.20 Å². The summed E-state index contributed by atoms with van der Waals surface area (Å²) in [4.78, 5) is 19.2. The number of hydrogen-bond acceptors (Lipinski definition) is 7.